The third-order valence-corrected chi connectivity index (χ3v) is 5.52. The first-order chi connectivity index (χ1) is 8.25. The minimum absolute atomic E-state index is 0.0626. The first-order valence-electron chi connectivity index (χ1n) is 7.04. The van der Waals surface area contributed by atoms with Crippen molar-refractivity contribution in [2.24, 2.45) is 23.2 Å². The van der Waals surface area contributed by atoms with E-state index >= 15 is 0 Å². The third-order valence-electron chi connectivity index (χ3n) is 5.52. The fraction of sp³-hybridized carbons (Fsp3) is 0.867. The second-order valence-corrected chi connectivity index (χ2v) is 6.69. The van der Waals surface area contributed by atoms with Crippen molar-refractivity contribution in [2.75, 3.05) is 0 Å². The molecule has 1 N–H and O–H groups in total. The zero-order valence-corrected chi connectivity index (χ0v) is 11.8. The number of carbonyl (C=O) groups is 2. The number of hydrogen-bond donors (Lipinski definition) is 1. The Labute approximate surface area is 109 Å². The molecule has 102 valence electrons. The zero-order chi connectivity index (χ0) is 13.7. The lowest BCUT2D eigenvalue weighted by atomic mass is 9.56. The fourth-order valence-corrected chi connectivity index (χ4v) is 4.13. The summed E-state index contributed by atoms with van der Waals surface area (Å²) in [5.41, 5.74) is -1.82. The summed E-state index contributed by atoms with van der Waals surface area (Å²) >= 11 is 0. The van der Waals surface area contributed by atoms with Gasteiger partial charge in [-0.1, -0.05) is 27.7 Å². The quantitative estimate of drug-likeness (QED) is 0.779. The summed E-state index contributed by atoms with van der Waals surface area (Å²) in [4.78, 5) is 24.3. The van der Waals surface area contributed by atoms with Gasteiger partial charge < -0.3 is 5.11 Å². The lowest BCUT2D eigenvalue weighted by Crippen LogP contribution is -2.57. The van der Waals surface area contributed by atoms with Gasteiger partial charge in [0.05, 0.1) is 0 Å². The summed E-state index contributed by atoms with van der Waals surface area (Å²) in [6, 6.07) is 0. The normalized spacial score (nSPS) is 45.2. The van der Waals surface area contributed by atoms with Crippen LogP contribution in [0, 0.1) is 23.2 Å². The van der Waals surface area contributed by atoms with Crippen molar-refractivity contribution in [1.82, 2.24) is 0 Å². The molecule has 2 aliphatic rings. The van der Waals surface area contributed by atoms with Crippen LogP contribution in [-0.4, -0.2) is 22.3 Å². The van der Waals surface area contributed by atoms with Crippen LogP contribution < -0.4 is 0 Å². The largest absolute Gasteiger partial charge is 0.381 e. The van der Waals surface area contributed by atoms with Gasteiger partial charge >= 0.3 is 0 Å². The van der Waals surface area contributed by atoms with E-state index in [1.807, 2.05) is 27.7 Å². The van der Waals surface area contributed by atoms with Crippen LogP contribution in [-0.2, 0) is 9.59 Å². The molecule has 0 aromatic heterocycles. The molecule has 4 atom stereocenters. The molecule has 2 saturated carbocycles. The highest BCUT2D eigenvalue weighted by Gasteiger charge is 2.65. The Morgan fingerprint density at radius 2 is 1.89 bits per heavy atom. The number of rotatable bonds is 1. The average molecular weight is 252 g/mol. The van der Waals surface area contributed by atoms with Gasteiger partial charge in [-0.25, -0.2) is 0 Å². The van der Waals surface area contributed by atoms with Gasteiger partial charge in [0.2, 0.25) is 0 Å². The predicted octanol–water partition coefficient (Wildman–Crippen LogP) is 2.36. The van der Waals surface area contributed by atoms with E-state index in [9.17, 15) is 14.7 Å². The van der Waals surface area contributed by atoms with Crippen LogP contribution in [0.15, 0.2) is 0 Å². The smallest absolute Gasteiger partial charge is 0.165 e. The number of ketones is 2. The topological polar surface area (TPSA) is 54.4 Å². The fourth-order valence-electron chi connectivity index (χ4n) is 4.13. The van der Waals surface area contributed by atoms with Crippen LogP contribution in [0.1, 0.15) is 53.4 Å². The molecule has 1 spiro atoms. The van der Waals surface area contributed by atoms with E-state index in [1.54, 1.807) is 0 Å². The molecule has 3 heteroatoms. The van der Waals surface area contributed by atoms with Crippen LogP contribution in [0.25, 0.3) is 0 Å². The second kappa shape index (κ2) is 4.16. The maximum absolute atomic E-state index is 12.2. The number of Topliss-reactive ketones (excluding diaryl/α,β-unsaturated/α-hetero) is 2. The van der Waals surface area contributed by atoms with Crippen LogP contribution in [0.4, 0.5) is 0 Å². The van der Waals surface area contributed by atoms with Crippen LogP contribution in [0.3, 0.4) is 0 Å². The van der Waals surface area contributed by atoms with Crippen molar-refractivity contribution >= 4 is 11.6 Å². The molecule has 3 nitrogen and oxygen atoms in total. The summed E-state index contributed by atoms with van der Waals surface area (Å²) in [7, 11) is 0. The van der Waals surface area contributed by atoms with Crippen molar-refractivity contribution < 1.29 is 14.7 Å². The summed E-state index contributed by atoms with van der Waals surface area (Å²) in [5.74, 6) is 0.203. The van der Waals surface area contributed by atoms with Gasteiger partial charge in [-0.2, -0.15) is 0 Å². The molecule has 0 aliphatic heterocycles. The highest BCUT2D eigenvalue weighted by molar-refractivity contribution is 5.93. The molecule has 0 unspecified atom stereocenters. The molecule has 2 rings (SSSR count). The van der Waals surface area contributed by atoms with Crippen LogP contribution >= 0.6 is 0 Å². The van der Waals surface area contributed by atoms with Crippen LogP contribution in [0.5, 0.6) is 0 Å². The molecule has 0 aromatic carbocycles. The molecule has 18 heavy (non-hydrogen) atoms. The van der Waals surface area contributed by atoms with E-state index in [0.717, 1.165) is 12.8 Å². The molecule has 0 aromatic rings. The number of hydrogen-bond acceptors (Lipinski definition) is 3. The molecule has 2 fully saturated rings. The van der Waals surface area contributed by atoms with E-state index in [2.05, 4.69) is 0 Å². The summed E-state index contributed by atoms with van der Waals surface area (Å²) in [6.07, 6.45) is 2.37. The molecule has 0 amide bonds. The van der Waals surface area contributed by atoms with Crippen molar-refractivity contribution in [2.45, 2.75) is 59.0 Å². The molecular formula is C15H24O3. The average Bonchev–Trinajstić information content (AvgIpc) is 2.47. The minimum atomic E-state index is -1.30. The molecule has 0 radical (unpaired) electrons. The van der Waals surface area contributed by atoms with E-state index in [-0.39, 0.29) is 29.3 Å². The van der Waals surface area contributed by atoms with E-state index in [0.29, 0.717) is 12.8 Å². The molecule has 2 aliphatic carbocycles. The van der Waals surface area contributed by atoms with Gasteiger partial charge in [-0.3, -0.25) is 9.59 Å². The number of carbonyl (C=O) groups excluding carboxylic acids is 2. The summed E-state index contributed by atoms with van der Waals surface area (Å²) in [6.45, 7) is 7.74. The van der Waals surface area contributed by atoms with Gasteiger partial charge in [-0.15, -0.1) is 0 Å². The second-order valence-electron chi connectivity index (χ2n) is 6.69. The Morgan fingerprint density at radius 1 is 1.28 bits per heavy atom. The van der Waals surface area contributed by atoms with Crippen molar-refractivity contribution in [3.8, 4) is 0 Å². The minimum Gasteiger partial charge on any atom is -0.381 e. The van der Waals surface area contributed by atoms with Crippen molar-refractivity contribution in [3.05, 3.63) is 0 Å². The van der Waals surface area contributed by atoms with Gasteiger partial charge in [-0.05, 0) is 24.7 Å². The van der Waals surface area contributed by atoms with Gasteiger partial charge in [0.1, 0.15) is 11.4 Å². The maximum atomic E-state index is 12.2. The molecule has 0 bridgehead atoms. The maximum Gasteiger partial charge on any atom is 0.165 e. The molecule has 0 saturated heterocycles. The monoisotopic (exact) mass is 252 g/mol. The molecule has 0 heterocycles. The Balaban J connectivity index is 2.46. The van der Waals surface area contributed by atoms with Crippen LogP contribution in [0.2, 0.25) is 0 Å². The SMILES string of the molecule is CC(C)[C@]1(O)C(=O)C[C@H](C)[C@@]12CC[C@H](C)C(=O)C2. The number of aliphatic hydroxyl groups is 1. The van der Waals surface area contributed by atoms with E-state index in [4.69, 9.17) is 0 Å². The Kier molecular flexibility index (Phi) is 3.17. The highest BCUT2D eigenvalue weighted by Crippen LogP contribution is 2.59. The van der Waals surface area contributed by atoms with Crippen molar-refractivity contribution in [1.29, 1.82) is 0 Å². The summed E-state index contributed by atoms with van der Waals surface area (Å²) in [5, 5.41) is 11.0. The predicted molar refractivity (Wildman–Crippen MR) is 69.0 cm³/mol. The summed E-state index contributed by atoms with van der Waals surface area (Å²) < 4.78 is 0. The van der Waals surface area contributed by atoms with E-state index in [1.165, 1.54) is 0 Å². The van der Waals surface area contributed by atoms with Gasteiger partial charge in [0, 0.05) is 24.2 Å². The van der Waals surface area contributed by atoms with E-state index < -0.39 is 11.0 Å². The lowest BCUT2D eigenvalue weighted by Gasteiger charge is -2.49. The Morgan fingerprint density at radius 3 is 2.39 bits per heavy atom. The van der Waals surface area contributed by atoms with Gasteiger partial charge in [0.25, 0.3) is 0 Å². The third kappa shape index (κ3) is 1.52. The standard InChI is InChI=1S/C15H24O3/c1-9(2)15(18)13(17)7-11(4)14(15)6-5-10(3)12(16)8-14/h9-11,18H,5-8H2,1-4H3/t10-,11-,14-,15-/m0/s1. The molecular weight excluding hydrogens is 228 g/mol. The van der Waals surface area contributed by atoms with Gasteiger partial charge in [0.15, 0.2) is 5.78 Å². The Bertz CT molecular complexity index is 387. The lowest BCUT2D eigenvalue weighted by molar-refractivity contribution is -0.164. The highest BCUT2D eigenvalue weighted by atomic mass is 16.3. The first-order valence-corrected chi connectivity index (χ1v) is 7.04. The first kappa shape index (κ1) is 13.7. The Hall–Kier alpha value is -0.700. The zero-order valence-electron chi connectivity index (χ0n) is 11.8. The van der Waals surface area contributed by atoms with Crippen molar-refractivity contribution in [3.63, 3.8) is 0 Å².